The third-order valence-electron chi connectivity index (χ3n) is 5.02. The molecular formula is C24H24FN7. The van der Waals surface area contributed by atoms with Crippen molar-refractivity contribution in [3.63, 3.8) is 0 Å². The minimum atomic E-state index is -0.242. The van der Waals surface area contributed by atoms with Gasteiger partial charge in [-0.15, -0.1) is 0 Å². The van der Waals surface area contributed by atoms with Crippen molar-refractivity contribution >= 4 is 5.82 Å². The number of hydrogen-bond donors (Lipinski definition) is 1. The lowest BCUT2D eigenvalue weighted by molar-refractivity contribution is 0.624. The van der Waals surface area contributed by atoms with Crippen LogP contribution in [0, 0.1) is 12.7 Å². The molecule has 4 aromatic rings. The first-order valence-corrected chi connectivity index (χ1v) is 10.4. The van der Waals surface area contributed by atoms with E-state index in [1.165, 1.54) is 12.1 Å². The summed E-state index contributed by atoms with van der Waals surface area (Å²) in [6.07, 6.45) is 9.72. The zero-order valence-corrected chi connectivity index (χ0v) is 18.0. The van der Waals surface area contributed by atoms with Crippen LogP contribution in [-0.4, -0.2) is 29.9 Å². The predicted octanol–water partition coefficient (Wildman–Crippen LogP) is 4.05. The van der Waals surface area contributed by atoms with Gasteiger partial charge in [-0.3, -0.25) is 19.9 Å². The van der Waals surface area contributed by atoms with Gasteiger partial charge < -0.3 is 5.32 Å². The highest BCUT2D eigenvalue weighted by Gasteiger charge is 2.12. The van der Waals surface area contributed by atoms with Crippen LogP contribution in [0.5, 0.6) is 0 Å². The molecule has 162 valence electrons. The van der Waals surface area contributed by atoms with Gasteiger partial charge in [0.2, 0.25) is 0 Å². The maximum absolute atomic E-state index is 13.3. The van der Waals surface area contributed by atoms with E-state index in [-0.39, 0.29) is 11.7 Å². The van der Waals surface area contributed by atoms with Crippen molar-refractivity contribution in [2.75, 3.05) is 5.32 Å². The molecule has 0 saturated heterocycles. The van der Waals surface area contributed by atoms with Gasteiger partial charge in [-0.25, -0.2) is 14.4 Å². The van der Waals surface area contributed by atoms with E-state index in [2.05, 4.69) is 32.2 Å². The Morgan fingerprint density at radius 1 is 0.906 bits per heavy atom. The van der Waals surface area contributed by atoms with Crippen molar-refractivity contribution in [1.82, 2.24) is 29.9 Å². The normalized spacial score (nSPS) is 11.8. The molecule has 8 heteroatoms. The lowest BCUT2D eigenvalue weighted by atomic mass is 9.97. The molecule has 0 bridgehead atoms. The Kier molecular flexibility index (Phi) is 6.69. The monoisotopic (exact) mass is 429 g/mol. The highest BCUT2D eigenvalue weighted by molar-refractivity contribution is 5.38. The summed E-state index contributed by atoms with van der Waals surface area (Å²) >= 11 is 0. The molecule has 0 aliphatic carbocycles. The average Bonchev–Trinajstić information content (AvgIpc) is 2.80. The van der Waals surface area contributed by atoms with Gasteiger partial charge in [0.1, 0.15) is 17.5 Å². The lowest BCUT2D eigenvalue weighted by Gasteiger charge is -2.14. The molecule has 1 atom stereocenters. The van der Waals surface area contributed by atoms with Crippen LogP contribution in [0.3, 0.4) is 0 Å². The molecule has 0 amide bonds. The van der Waals surface area contributed by atoms with Crippen LogP contribution in [-0.2, 0) is 19.4 Å². The summed E-state index contributed by atoms with van der Waals surface area (Å²) in [5.41, 5.74) is 4.42. The minimum absolute atomic E-state index is 0.137. The van der Waals surface area contributed by atoms with Crippen molar-refractivity contribution in [2.24, 2.45) is 0 Å². The van der Waals surface area contributed by atoms with Crippen LogP contribution in [0.1, 0.15) is 47.0 Å². The Hall–Kier alpha value is -3.81. The Morgan fingerprint density at radius 3 is 2.47 bits per heavy atom. The topological polar surface area (TPSA) is 89.4 Å². The van der Waals surface area contributed by atoms with Crippen molar-refractivity contribution < 1.29 is 4.39 Å². The van der Waals surface area contributed by atoms with Gasteiger partial charge in [0.25, 0.3) is 0 Å². The van der Waals surface area contributed by atoms with E-state index in [9.17, 15) is 4.39 Å². The third kappa shape index (κ3) is 5.87. The van der Waals surface area contributed by atoms with Crippen LogP contribution in [0.25, 0.3) is 0 Å². The highest BCUT2D eigenvalue weighted by Crippen LogP contribution is 2.21. The summed E-state index contributed by atoms with van der Waals surface area (Å²) in [6, 6.07) is 8.49. The Bertz CT molecular complexity index is 1150. The second-order valence-electron chi connectivity index (χ2n) is 7.69. The van der Waals surface area contributed by atoms with Gasteiger partial charge in [0.15, 0.2) is 0 Å². The SMILES string of the molecule is Cc1cnc(CNc2cc(Cc3cnccn3)nc(C[C@@H](C)c3ccc(F)cc3)n2)cn1. The summed E-state index contributed by atoms with van der Waals surface area (Å²) < 4.78 is 13.3. The molecule has 0 aliphatic rings. The standard InChI is InChI=1S/C24H24FN7/c1-16(18-3-5-19(25)6-4-18)9-24-31-20(10-21-13-26-7-8-27-21)11-23(32-24)30-15-22-14-28-17(2)12-29-22/h3-8,11-14,16H,9-10,15H2,1-2H3,(H,30,31,32)/t16-/m1/s1. The van der Waals surface area contributed by atoms with E-state index in [4.69, 9.17) is 9.97 Å². The number of aryl methyl sites for hydroxylation is 1. The van der Waals surface area contributed by atoms with E-state index in [1.807, 2.05) is 13.0 Å². The van der Waals surface area contributed by atoms with Gasteiger partial charge in [0.05, 0.1) is 35.5 Å². The second kappa shape index (κ2) is 10.00. The number of rotatable bonds is 8. The van der Waals surface area contributed by atoms with Crippen LogP contribution in [0.4, 0.5) is 10.2 Å². The molecule has 4 rings (SSSR count). The van der Waals surface area contributed by atoms with E-state index in [0.717, 1.165) is 28.3 Å². The number of anilines is 1. The van der Waals surface area contributed by atoms with Crippen molar-refractivity contribution in [3.05, 3.63) is 101 Å². The maximum atomic E-state index is 13.3. The first kappa shape index (κ1) is 21.4. The van der Waals surface area contributed by atoms with Crippen molar-refractivity contribution in [3.8, 4) is 0 Å². The fraction of sp³-hybridized carbons (Fsp3) is 0.250. The molecule has 0 fully saturated rings. The van der Waals surface area contributed by atoms with E-state index < -0.39 is 0 Å². The van der Waals surface area contributed by atoms with Crippen LogP contribution in [0.2, 0.25) is 0 Å². The molecule has 0 spiro atoms. The number of nitrogens with zero attached hydrogens (tertiary/aromatic N) is 6. The molecule has 0 saturated carbocycles. The minimum Gasteiger partial charge on any atom is -0.364 e. The van der Waals surface area contributed by atoms with Crippen molar-refractivity contribution in [2.45, 2.75) is 39.2 Å². The molecule has 3 heterocycles. The molecule has 0 unspecified atom stereocenters. The largest absolute Gasteiger partial charge is 0.364 e. The fourth-order valence-electron chi connectivity index (χ4n) is 3.31. The maximum Gasteiger partial charge on any atom is 0.131 e. The number of aromatic nitrogens is 6. The molecule has 0 radical (unpaired) electrons. The Labute approximate surface area is 186 Å². The van der Waals surface area contributed by atoms with Crippen molar-refractivity contribution in [1.29, 1.82) is 0 Å². The molecular weight excluding hydrogens is 405 g/mol. The van der Waals surface area contributed by atoms with Gasteiger partial charge in [-0.2, -0.15) is 0 Å². The second-order valence-corrected chi connectivity index (χ2v) is 7.69. The quantitative estimate of drug-likeness (QED) is 0.452. The van der Waals surface area contributed by atoms with E-state index in [0.29, 0.717) is 31.0 Å². The number of benzene rings is 1. The fourth-order valence-corrected chi connectivity index (χ4v) is 3.31. The summed E-state index contributed by atoms with van der Waals surface area (Å²) in [5, 5.41) is 3.33. The van der Waals surface area contributed by atoms with Crippen LogP contribution >= 0.6 is 0 Å². The number of nitrogens with one attached hydrogen (secondary N) is 1. The van der Waals surface area contributed by atoms with Gasteiger partial charge >= 0.3 is 0 Å². The zero-order valence-electron chi connectivity index (χ0n) is 18.0. The first-order valence-electron chi connectivity index (χ1n) is 10.4. The van der Waals surface area contributed by atoms with Crippen LogP contribution < -0.4 is 5.32 Å². The summed E-state index contributed by atoms with van der Waals surface area (Å²) in [7, 11) is 0. The molecule has 0 aliphatic heterocycles. The summed E-state index contributed by atoms with van der Waals surface area (Å²) in [6.45, 7) is 4.49. The Morgan fingerprint density at radius 2 is 1.75 bits per heavy atom. The van der Waals surface area contributed by atoms with Gasteiger partial charge in [-0.05, 0) is 30.5 Å². The van der Waals surface area contributed by atoms with E-state index >= 15 is 0 Å². The lowest BCUT2D eigenvalue weighted by Crippen LogP contribution is -2.10. The van der Waals surface area contributed by atoms with Gasteiger partial charge in [0, 0.05) is 43.7 Å². The molecule has 1 aromatic carbocycles. The number of halogens is 1. The molecule has 32 heavy (non-hydrogen) atoms. The third-order valence-corrected chi connectivity index (χ3v) is 5.02. The predicted molar refractivity (Wildman–Crippen MR) is 119 cm³/mol. The average molecular weight is 430 g/mol. The summed E-state index contributed by atoms with van der Waals surface area (Å²) in [4.78, 5) is 26.6. The number of hydrogen-bond acceptors (Lipinski definition) is 7. The molecule has 1 N–H and O–H groups in total. The first-order chi connectivity index (χ1) is 15.5. The van der Waals surface area contributed by atoms with E-state index in [1.54, 1.807) is 43.1 Å². The Balaban J connectivity index is 1.55. The van der Waals surface area contributed by atoms with Crippen LogP contribution in [0.15, 0.2) is 61.3 Å². The zero-order chi connectivity index (χ0) is 22.3. The summed E-state index contributed by atoms with van der Waals surface area (Å²) in [5.74, 6) is 1.32. The van der Waals surface area contributed by atoms with Gasteiger partial charge in [-0.1, -0.05) is 19.1 Å². The molecule has 3 aromatic heterocycles. The highest BCUT2D eigenvalue weighted by atomic mass is 19.1. The smallest absolute Gasteiger partial charge is 0.131 e. The molecule has 7 nitrogen and oxygen atoms in total.